The fraction of sp³-hybridized carbons (Fsp3) is 0.125. The summed E-state index contributed by atoms with van der Waals surface area (Å²) in [7, 11) is 0. The van der Waals surface area contributed by atoms with Crippen LogP contribution in [0.1, 0.15) is 5.56 Å². The number of phenols is 1. The summed E-state index contributed by atoms with van der Waals surface area (Å²) in [5.41, 5.74) is 2.91. The number of carbonyl (C=O) groups is 1. The quantitative estimate of drug-likeness (QED) is 0.450. The minimum Gasteiger partial charge on any atom is -0.507 e. The summed E-state index contributed by atoms with van der Waals surface area (Å²) < 4.78 is 12.0. The van der Waals surface area contributed by atoms with Crippen LogP contribution in [0.25, 0.3) is 0 Å². The van der Waals surface area contributed by atoms with Crippen molar-refractivity contribution in [3.8, 4) is 17.2 Å². The summed E-state index contributed by atoms with van der Waals surface area (Å²) in [6, 6.07) is 12.3. The molecule has 6 nitrogen and oxygen atoms in total. The van der Waals surface area contributed by atoms with Crippen LogP contribution < -0.4 is 14.9 Å². The molecule has 23 heavy (non-hydrogen) atoms. The molecule has 1 amide bonds. The highest BCUT2D eigenvalue weighted by Gasteiger charge is 2.26. The van der Waals surface area contributed by atoms with E-state index in [0.29, 0.717) is 17.1 Å². The van der Waals surface area contributed by atoms with Crippen LogP contribution in [0.5, 0.6) is 17.2 Å². The van der Waals surface area contributed by atoms with Crippen molar-refractivity contribution in [2.45, 2.75) is 6.10 Å². The molecule has 1 unspecified atom stereocenters. The lowest BCUT2D eigenvalue weighted by molar-refractivity contribution is -0.130. The van der Waals surface area contributed by atoms with Crippen LogP contribution in [0.15, 0.2) is 47.6 Å². The zero-order chi connectivity index (χ0) is 16.2. The zero-order valence-corrected chi connectivity index (χ0v) is 14.1. The van der Waals surface area contributed by atoms with E-state index in [9.17, 15) is 9.90 Å². The third-order valence-electron chi connectivity index (χ3n) is 3.17. The maximum Gasteiger partial charge on any atom is 0.284 e. The Hall–Kier alpha value is -2.29. The Kier molecular flexibility index (Phi) is 4.65. The smallest absolute Gasteiger partial charge is 0.284 e. The van der Waals surface area contributed by atoms with Gasteiger partial charge >= 0.3 is 0 Å². The molecule has 0 saturated carbocycles. The van der Waals surface area contributed by atoms with Crippen LogP contribution >= 0.6 is 22.6 Å². The van der Waals surface area contributed by atoms with Gasteiger partial charge in [0, 0.05) is 9.13 Å². The van der Waals surface area contributed by atoms with E-state index in [1.807, 2.05) is 6.07 Å². The molecule has 2 aromatic carbocycles. The predicted octanol–water partition coefficient (Wildman–Crippen LogP) is 2.29. The van der Waals surface area contributed by atoms with Crippen molar-refractivity contribution in [3.05, 3.63) is 51.6 Å². The van der Waals surface area contributed by atoms with E-state index in [1.54, 1.807) is 36.4 Å². The summed E-state index contributed by atoms with van der Waals surface area (Å²) in [5, 5.41) is 13.6. The fourth-order valence-electron chi connectivity index (χ4n) is 2.01. The lowest BCUT2D eigenvalue weighted by Crippen LogP contribution is -2.42. The number of rotatable bonds is 3. The molecule has 2 N–H and O–H groups in total. The summed E-state index contributed by atoms with van der Waals surface area (Å²) in [4.78, 5) is 12.1. The summed E-state index contributed by atoms with van der Waals surface area (Å²) in [6.07, 6.45) is 0.610. The van der Waals surface area contributed by atoms with Crippen molar-refractivity contribution in [1.82, 2.24) is 5.43 Å². The Labute approximate surface area is 146 Å². The zero-order valence-electron chi connectivity index (χ0n) is 11.9. The number of carbonyl (C=O) groups excluding carboxylic acids is 1. The van der Waals surface area contributed by atoms with E-state index in [1.165, 1.54) is 6.21 Å². The maximum absolute atomic E-state index is 12.1. The molecule has 0 radical (unpaired) electrons. The molecule has 0 aliphatic carbocycles. The van der Waals surface area contributed by atoms with Gasteiger partial charge in [-0.15, -0.1) is 0 Å². The molecule has 3 rings (SSSR count). The Bertz CT molecular complexity index is 763. The largest absolute Gasteiger partial charge is 0.507 e. The number of hydrazone groups is 1. The fourth-order valence-corrected chi connectivity index (χ4v) is 2.53. The monoisotopic (exact) mass is 424 g/mol. The molecule has 7 heteroatoms. The van der Waals surface area contributed by atoms with Gasteiger partial charge in [-0.05, 0) is 52.9 Å². The van der Waals surface area contributed by atoms with Crippen molar-refractivity contribution in [3.63, 3.8) is 0 Å². The lowest BCUT2D eigenvalue weighted by atomic mass is 10.2. The number of amides is 1. The Balaban J connectivity index is 1.62. The highest BCUT2D eigenvalue weighted by molar-refractivity contribution is 14.1. The van der Waals surface area contributed by atoms with Crippen LogP contribution in [-0.4, -0.2) is 29.9 Å². The molecule has 2 aromatic rings. The predicted molar refractivity (Wildman–Crippen MR) is 92.9 cm³/mol. The molecule has 1 aliphatic heterocycles. The third-order valence-corrected chi connectivity index (χ3v) is 3.84. The van der Waals surface area contributed by atoms with E-state index in [4.69, 9.17) is 9.47 Å². The SMILES string of the molecule is O=C(NN=Cc1cc(I)ccc1O)C1COc2ccccc2O1. The van der Waals surface area contributed by atoms with Gasteiger partial charge in [-0.3, -0.25) is 4.79 Å². The first-order valence-corrected chi connectivity index (χ1v) is 7.91. The summed E-state index contributed by atoms with van der Waals surface area (Å²) in [6.45, 7) is 0.118. The average molecular weight is 424 g/mol. The normalized spacial score (nSPS) is 16.3. The van der Waals surface area contributed by atoms with E-state index >= 15 is 0 Å². The van der Waals surface area contributed by atoms with Crippen LogP contribution in [0.2, 0.25) is 0 Å². The van der Waals surface area contributed by atoms with Gasteiger partial charge in [-0.2, -0.15) is 5.10 Å². The van der Waals surface area contributed by atoms with Crippen LogP contribution in [-0.2, 0) is 4.79 Å². The summed E-state index contributed by atoms with van der Waals surface area (Å²) in [5.74, 6) is 0.817. The molecule has 0 spiro atoms. The topological polar surface area (TPSA) is 80.2 Å². The van der Waals surface area contributed by atoms with Gasteiger partial charge in [-0.25, -0.2) is 5.43 Å². The Morgan fingerprint density at radius 2 is 2.09 bits per heavy atom. The number of ether oxygens (including phenoxy) is 2. The first-order valence-electron chi connectivity index (χ1n) is 6.83. The van der Waals surface area contributed by atoms with E-state index < -0.39 is 12.0 Å². The second-order valence-electron chi connectivity index (χ2n) is 4.80. The lowest BCUT2D eigenvalue weighted by Gasteiger charge is -2.24. The molecule has 0 aromatic heterocycles. The molecule has 1 heterocycles. The van der Waals surface area contributed by atoms with Crippen LogP contribution in [0, 0.1) is 3.57 Å². The standard InChI is InChI=1S/C16H13IN2O4/c17-11-5-6-12(20)10(7-11)8-18-19-16(21)15-9-22-13-3-1-2-4-14(13)23-15/h1-8,15,20H,9H2,(H,19,21). The van der Waals surface area contributed by atoms with Crippen molar-refractivity contribution in [1.29, 1.82) is 0 Å². The number of aromatic hydroxyl groups is 1. The highest BCUT2D eigenvalue weighted by atomic mass is 127. The number of halogens is 1. The molecule has 1 aliphatic rings. The first kappa shape index (κ1) is 15.6. The number of fused-ring (bicyclic) bond motifs is 1. The van der Waals surface area contributed by atoms with Gasteiger partial charge in [0.05, 0.1) is 6.21 Å². The molecular formula is C16H13IN2O4. The number of phenolic OH excluding ortho intramolecular Hbond substituents is 1. The molecule has 1 atom stereocenters. The Morgan fingerprint density at radius 3 is 2.91 bits per heavy atom. The first-order chi connectivity index (χ1) is 11.1. The number of nitrogens with zero attached hydrogens (tertiary/aromatic N) is 1. The van der Waals surface area contributed by atoms with Crippen LogP contribution in [0.4, 0.5) is 0 Å². The molecule has 0 saturated heterocycles. The van der Waals surface area contributed by atoms with E-state index in [2.05, 4.69) is 33.1 Å². The number of hydrogen-bond acceptors (Lipinski definition) is 5. The van der Waals surface area contributed by atoms with Gasteiger partial charge in [-0.1, -0.05) is 12.1 Å². The summed E-state index contributed by atoms with van der Waals surface area (Å²) >= 11 is 2.13. The number of para-hydroxylation sites is 2. The van der Waals surface area contributed by atoms with Crippen molar-refractivity contribution >= 4 is 34.7 Å². The maximum atomic E-state index is 12.1. The average Bonchev–Trinajstić information content (AvgIpc) is 2.57. The van der Waals surface area contributed by atoms with Crippen molar-refractivity contribution in [2.75, 3.05) is 6.61 Å². The Morgan fingerprint density at radius 1 is 1.30 bits per heavy atom. The third kappa shape index (κ3) is 3.73. The van der Waals surface area contributed by atoms with Gasteiger partial charge < -0.3 is 14.6 Å². The van der Waals surface area contributed by atoms with Crippen molar-refractivity contribution < 1.29 is 19.4 Å². The molecule has 0 bridgehead atoms. The second-order valence-corrected chi connectivity index (χ2v) is 6.05. The van der Waals surface area contributed by atoms with E-state index in [-0.39, 0.29) is 12.4 Å². The van der Waals surface area contributed by atoms with Gasteiger partial charge in [0.1, 0.15) is 12.4 Å². The minimum absolute atomic E-state index is 0.0922. The van der Waals surface area contributed by atoms with E-state index in [0.717, 1.165) is 3.57 Å². The number of benzene rings is 2. The minimum atomic E-state index is -0.772. The molecule has 0 fully saturated rings. The molecular weight excluding hydrogens is 411 g/mol. The van der Waals surface area contributed by atoms with Gasteiger partial charge in [0.2, 0.25) is 6.10 Å². The van der Waals surface area contributed by atoms with Gasteiger partial charge in [0.25, 0.3) is 5.91 Å². The molecule has 118 valence electrons. The van der Waals surface area contributed by atoms with Crippen molar-refractivity contribution in [2.24, 2.45) is 5.10 Å². The number of hydrogen-bond donors (Lipinski definition) is 2. The van der Waals surface area contributed by atoms with Gasteiger partial charge in [0.15, 0.2) is 11.5 Å². The highest BCUT2D eigenvalue weighted by Crippen LogP contribution is 2.30. The van der Waals surface area contributed by atoms with Crippen LogP contribution in [0.3, 0.4) is 0 Å². The number of nitrogens with one attached hydrogen (secondary N) is 1. The second kappa shape index (κ2) is 6.86.